The van der Waals surface area contributed by atoms with Gasteiger partial charge in [-0.05, 0) is 44.2 Å². The molecule has 1 aromatic carbocycles. The fourth-order valence-corrected chi connectivity index (χ4v) is 5.42. The fourth-order valence-electron chi connectivity index (χ4n) is 5.42. The number of hydrogen-bond donors (Lipinski definition) is 3. The number of H-pyrrole nitrogens is 1. The van der Waals surface area contributed by atoms with Crippen molar-refractivity contribution in [2.24, 2.45) is 11.3 Å². The first kappa shape index (κ1) is 20.0. The lowest BCUT2D eigenvalue weighted by atomic mass is 10.0. The Bertz CT molecular complexity index is 1360. The summed E-state index contributed by atoms with van der Waals surface area (Å²) < 4.78 is 6.00. The molecule has 1 aliphatic heterocycles. The smallest absolute Gasteiger partial charge is 0.326 e. The molecule has 4 heterocycles. The first-order valence-corrected chi connectivity index (χ1v) is 12.1. The maximum absolute atomic E-state index is 6.00. The van der Waals surface area contributed by atoms with E-state index in [0.717, 1.165) is 59.0 Å². The van der Waals surface area contributed by atoms with Crippen LogP contribution in [0.5, 0.6) is 11.8 Å². The second kappa shape index (κ2) is 7.53. The third-order valence-corrected chi connectivity index (χ3v) is 7.65. The number of nitrogens with zero attached hydrogens (tertiary/aromatic N) is 5. The Balaban J connectivity index is 1.33. The van der Waals surface area contributed by atoms with Gasteiger partial charge in [0.2, 0.25) is 0 Å². The monoisotopic (exact) mass is 456 g/mol. The molecule has 3 aromatic heterocycles. The van der Waals surface area contributed by atoms with E-state index in [-0.39, 0.29) is 0 Å². The molecule has 2 saturated carbocycles. The molecule has 1 atom stereocenters. The SMILES string of the molecule is CNc1cccc2c1[nH]c1nc(Oc3cncnc3)nc(N3C[C@H](NCC4CC4)C4(CC4)C3)c12. The maximum atomic E-state index is 6.00. The Hall–Kier alpha value is -3.46. The molecule has 2 aliphatic carbocycles. The standard InChI is InChI=1S/C25H28N8O/c1-26-18-4-2-3-17-20-22(30-21(17)18)31-24(34-16-10-27-14-28-11-16)32-23(20)33-12-19(25(13-33)7-8-25)29-9-15-5-6-15/h2-4,10-11,14-15,19,26,29H,5-9,12-13H2,1H3,(H,30,31,32)/t19-/m0/s1. The Morgan fingerprint density at radius 2 is 2.03 bits per heavy atom. The van der Waals surface area contributed by atoms with Crippen molar-refractivity contribution >= 4 is 33.4 Å². The van der Waals surface area contributed by atoms with Gasteiger partial charge in [-0.3, -0.25) is 0 Å². The van der Waals surface area contributed by atoms with E-state index in [1.807, 2.05) is 7.05 Å². The number of aromatic amines is 1. The topological polar surface area (TPSA) is 104 Å². The molecule has 3 N–H and O–H groups in total. The fraction of sp³-hybridized carbons (Fsp3) is 0.440. The molecule has 0 bridgehead atoms. The van der Waals surface area contributed by atoms with Crippen molar-refractivity contribution < 1.29 is 4.74 Å². The number of rotatable bonds is 7. The molecule has 3 aliphatic rings. The molecule has 3 fully saturated rings. The summed E-state index contributed by atoms with van der Waals surface area (Å²) in [5.74, 6) is 2.32. The van der Waals surface area contributed by atoms with E-state index in [9.17, 15) is 0 Å². The molecule has 7 rings (SSSR count). The van der Waals surface area contributed by atoms with Crippen LogP contribution in [0.1, 0.15) is 25.7 Å². The van der Waals surface area contributed by atoms with Crippen LogP contribution in [0.3, 0.4) is 0 Å². The van der Waals surface area contributed by atoms with E-state index in [4.69, 9.17) is 14.7 Å². The van der Waals surface area contributed by atoms with Crippen LogP contribution in [0.2, 0.25) is 0 Å². The van der Waals surface area contributed by atoms with Gasteiger partial charge < -0.3 is 25.3 Å². The van der Waals surface area contributed by atoms with Gasteiger partial charge in [0.25, 0.3) is 0 Å². The quantitative estimate of drug-likeness (QED) is 0.387. The van der Waals surface area contributed by atoms with Gasteiger partial charge in [-0.25, -0.2) is 9.97 Å². The molecule has 1 spiro atoms. The summed E-state index contributed by atoms with van der Waals surface area (Å²) in [5, 5.41) is 9.34. The Kier molecular flexibility index (Phi) is 4.42. The van der Waals surface area contributed by atoms with Gasteiger partial charge in [0.1, 0.15) is 17.8 Å². The highest BCUT2D eigenvalue weighted by Crippen LogP contribution is 2.54. The minimum Gasteiger partial charge on any atom is -0.421 e. The van der Waals surface area contributed by atoms with Gasteiger partial charge in [-0.2, -0.15) is 9.97 Å². The van der Waals surface area contributed by atoms with Crippen LogP contribution in [0.15, 0.2) is 36.9 Å². The highest BCUT2D eigenvalue weighted by molar-refractivity contribution is 6.14. The Morgan fingerprint density at radius 1 is 1.18 bits per heavy atom. The predicted octanol–water partition coefficient (Wildman–Crippen LogP) is 3.70. The average molecular weight is 457 g/mol. The zero-order valence-electron chi connectivity index (χ0n) is 19.2. The first-order valence-electron chi connectivity index (χ1n) is 12.1. The second-order valence-corrected chi connectivity index (χ2v) is 9.98. The highest BCUT2D eigenvalue weighted by Gasteiger charge is 2.55. The van der Waals surface area contributed by atoms with Gasteiger partial charge in [-0.15, -0.1) is 0 Å². The Labute approximate surface area is 197 Å². The normalized spacial score (nSPS) is 21.0. The van der Waals surface area contributed by atoms with E-state index >= 15 is 0 Å². The van der Waals surface area contributed by atoms with Gasteiger partial charge in [0.05, 0.1) is 29.0 Å². The molecular formula is C25H28N8O. The lowest BCUT2D eigenvalue weighted by Gasteiger charge is -2.19. The van der Waals surface area contributed by atoms with Crippen LogP contribution in [-0.2, 0) is 0 Å². The van der Waals surface area contributed by atoms with Crippen LogP contribution in [-0.4, -0.2) is 57.6 Å². The van der Waals surface area contributed by atoms with Crippen molar-refractivity contribution in [2.75, 3.05) is 36.9 Å². The van der Waals surface area contributed by atoms with Crippen LogP contribution in [0, 0.1) is 11.3 Å². The lowest BCUT2D eigenvalue weighted by molar-refractivity contribution is 0.403. The zero-order valence-corrected chi connectivity index (χ0v) is 19.2. The van der Waals surface area contributed by atoms with Gasteiger partial charge in [0.15, 0.2) is 5.75 Å². The number of nitrogens with one attached hydrogen (secondary N) is 3. The van der Waals surface area contributed by atoms with Gasteiger partial charge >= 0.3 is 6.01 Å². The van der Waals surface area contributed by atoms with Crippen LogP contribution in [0.25, 0.3) is 21.9 Å². The summed E-state index contributed by atoms with van der Waals surface area (Å²) in [6.07, 6.45) is 10.0. The predicted molar refractivity (Wildman–Crippen MR) is 131 cm³/mol. The number of aromatic nitrogens is 5. The van der Waals surface area contributed by atoms with Gasteiger partial charge in [-0.1, -0.05) is 12.1 Å². The summed E-state index contributed by atoms with van der Waals surface area (Å²) >= 11 is 0. The maximum Gasteiger partial charge on any atom is 0.326 e. The molecule has 1 saturated heterocycles. The summed E-state index contributed by atoms with van der Waals surface area (Å²) in [5.41, 5.74) is 3.20. The number of ether oxygens (including phenoxy) is 1. The highest BCUT2D eigenvalue weighted by atomic mass is 16.5. The van der Waals surface area contributed by atoms with E-state index in [1.165, 1.54) is 32.0 Å². The van der Waals surface area contributed by atoms with Crippen molar-refractivity contribution in [3.8, 4) is 11.8 Å². The van der Waals surface area contributed by atoms with E-state index in [0.29, 0.717) is 23.2 Å². The van der Waals surface area contributed by atoms with Crippen molar-refractivity contribution in [2.45, 2.75) is 31.7 Å². The van der Waals surface area contributed by atoms with Crippen molar-refractivity contribution in [1.29, 1.82) is 0 Å². The van der Waals surface area contributed by atoms with Crippen molar-refractivity contribution in [1.82, 2.24) is 30.2 Å². The minimum absolute atomic E-state index is 0.300. The summed E-state index contributed by atoms with van der Waals surface area (Å²) in [4.78, 5) is 23.8. The van der Waals surface area contributed by atoms with E-state index < -0.39 is 0 Å². The summed E-state index contributed by atoms with van der Waals surface area (Å²) in [6.45, 7) is 3.10. The number of fused-ring (bicyclic) bond motifs is 3. The second-order valence-electron chi connectivity index (χ2n) is 9.98. The van der Waals surface area contributed by atoms with Crippen molar-refractivity contribution in [3.05, 3.63) is 36.9 Å². The molecule has 4 aromatic rings. The number of benzene rings is 1. The average Bonchev–Trinajstić information content (AvgIpc) is 3.76. The zero-order chi connectivity index (χ0) is 22.7. The first-order chi connectivity index (χ1) is 16.7. The summed E-state index contributed by atoms with van der Waals surface area (Å²) in [7, 11) is 1.93. The molecule has 9 heteroatoms. The number of para-hydroxylation sites is 1. The third-order valence-electron chi connectivity index (χ3n) is 7.65. The molecule has 174 valence electrons. The molecule has 34 heavy (non-hydrogen) atoms. The van der Waals surface area contributed by atoms with E-state index in [1.54, 1.807) is 12.4 Å². The van der Waals surface area contributed by atoms with Crippen LogP contribution >= 0.6 is 0 Å². The number of anilines is 2. The molecule has 0 amide bonds. The van der Waals surface area contributed by atoms with Crippen molar-refractivity contribution in [3.63, 3.8) is 0 Å². The van der Waals surface area contributed by atoms with Crippen LogP contribution < -0.4 is 20.3 Å². The third kappa shape index (κ3) is 3.34. The van der Waals surface area contributed by atoms with Crippen LogP contribution in [0.4, 0.5) is 11.5 Å². The molecule has 0 radical (unpaired) electrons. The van der Waals surface area contributed by atoms with Gasteiger partial charge in [0, 0.05) is 37.0 Å². The number of hydrogen-bond acceptors (Lipinski definition) is 8. The summed E-state index contributed by atoms with van der Waals surface area (Å²) in [6, 6.07) is 7.08. The molecule has 0 unspecified atom stereocenters. The molecular weight excluding hydrogens is 428 g/mol. The lowest BCUT2D eigenvalue weighted by Crippen LogP contribution is -2.38. The molecule has 9 nitrogen and oxygen atoms in total. The van der Waals surface area contributed by atoms with E-state index in [2.05, 4.69) is 48.7 Å². The largest absolute Gasteiger partial charge is 0.421 e. The minimum atomic E-state index is 0.300. The Morgan fingerprint density at radius 3 is 2.79 bits per heavy atom.